The summed E-state index contributed by atoms with van der Waals surface area (Å²) in [5.41, 5.74) is 15.3. The maximum Gasteiger partial charge on any atom is 0.247 e. The normalized spacial score (nSPS) is 38.9. The Morgan fingerprint density at radius 3 is 1.87 bits per heavy atom. The van der Waals surface area contributed by atoms with Crippen LogP contribution >= 0.6 is 0 Å². The Hall–Kier alpha value is -3.36. The zero-order valence-corrected chi connectivity index (χ0v) is 38.2. The van der Waals surface area contributed by atoms with E-state index in [1.165, 1.54) is 13.8 Å². The van der Waals surface area contributed by atoms with Gasteiger partial charge in [0.15, 0.2) is 18.9 Å². The highest BCUT2D eigenvalue weighted by molar-refractivity contribution is 5.98. The highest BCUT2D eigenvalue weighted by Crippen LogP contribution is 2.36. The fourth-order valence-corrected chi connectivity index (χ4v) is 7.95. The minimum atomic E-state index is -1.88. The number of nitrogens with two attached hydrogens (primary N) is 1. The Kier molecular flexibility index (Phi) is 23.5. The highest BCUT2D eigenvalue weighted by atomic mass is 16.8. The Morgan fingerprint density at radius 1 is 0.603 bits per heavy atom. The SMILES string of the molecule is C/C=C/C=C/CCC(=O)NNC(=O)CC(=O)NNC(=O)CCCCCO[C@@H]1OC(C)[C@H](O)C(O[C@H]2CC(CO)[C@@H](O)C(O[C@@H]3OC(CO)[C@H](O)C(O)C3O[C@@H]3OC(C)[C@H](O)C(O)C3O)C2N)C1O. The summed E-state index contributed by atoms with van der Waals surface area (Å²) in [7, 11) is 0. The van der Waals surface area contributed by atoms with Crippen LogP contribution in [0, 0.1) is 5.92 Å². The van der Waals surface area contributed by atoms with E-state index in [2.05, 4.69) is 21.7 Å². The summed E-state index contributed by atoms with van der Waals surface area (Å²) >= 11 is 0. The van der Waals surface area contributed by atoms with Gasteiger partial charge in [-0.15, -0.1) is 0 Å². The number of allylic oxidation sites excluding steroid dienone is 4. The molecule has 0 aromatic rings. The smallest absolute Gasteiger partial charge is 0.247 e. The van der Waals surface area contributed by atoms with Gasteiger partial charge in [0.05, 0.1) is 37.1 Å². The van der Waals surface area contributed by atoms with E-state index in [1.807, 2.05) is 13.0 Å². The molecule has 12 unspecified atom stereocenters. The van der Waals surface area contributed by atoms with Crippen LogP contribution in [-0.4, -0.2) is 211 Å². The molecule has 68 heavy (non-hydrogen) atoms. The van der Waals surface area contributed by atoms with E-state index in [4.69, 9.17) is 38.9 Å². The van der Waals surface area contributed by atoms with Gasteiger partial charge in [0, 0.05) is 32.0 Å². The first kappa shape index (κ1) is 57.2. The van der Waals surface area contributed by atoms with Crippen LogP contribution in [0.5, 0.6) is 0 Å². The Labute approximate surface area is 392 Å². The van der Waals surface area contributed by atoms with Crippen molar-refractivity contribution in [2.45, 2.75) is 189 Å². The molecule has 0 radical (unpaired) electrons. The van der Waals surface area contributed by atoms with Gasteiger partial charge in [-0.1, -0.05) is 30.7 Å². The van der Waals surface area contributed by atoms with E-state index < -0.39 is 166 Å². The summed E-state index contributed by atoms with van der Waals surface area (Å²) < 4.78 is 40.8. The number of hydrogen-bond donors (Lipinski definition) is 15. The fourth-order valence-electron chi connectivity index (χ4n) is 7.95. The molecular weight excluding hydrogens is 910 g/mol. The predicted octanol–water partition coefficient (Wildman–Crippen LogP) is -5.88. The molecule has 3 saturated heterocycles. The van der Waals surface area contributed by atoms with Crippen molar-refractivity contribution < 1.29 is 103 Å². The quantitative estimate of drug-likeness (QED) is 0.0220. The van der Waals surface area contributed by atoms with E-state index in [0.717, 1.165) is 0 Å². The van der Waals surface area contributed by atoms with E-state index in [9.17, 15) is 70.2 Å². The van der Waals surface area contributed by atoms with Crippen molar-refractivity contribution in [3.63, 3.8) is 0 Å². The average molecular weight is 982 g/mol. The third kappa shape index (κ3) is 15.8. The molecule has 3 heterocycles. The second kappa shape index (κ2) is 27.9. The van der Waals surface area contributed by atoms with Crippen molar-refractivity contribution in [2.75, 3.05) is 19.8 Å². The van der Waals surface area contributed by atoms with Crippen LogP contribution in [0.2, 0.25) is 0 Å². The van der Waals surface area contributed by atoms with Crippen LogP contribution in [0.4, 0.5) is 0 Å². The number of amides is 4. The summed E-state index contributed by atoms with van der Waals surface area (Å²) in [6, 6.07) is -1.31. The predicted molar refractivity (Wildman–Crippen MR) is 229 cm³/mol. The van der Waals surface area contributed by atoms with Gasteiger partial charge < -0.3 is 90.0 Å². The maximum atomic E-state index is 12.3. The first-order valence-corrected chi connectivity index (χ1v) is 22.7. The van der Waals surface area contributed by atoms with Gasteiger partial charge in [0.25, 0.3) is 0 Å². The Balaban J connectivity index is 1.26. The number of hydrogen-bond acceptors (Lipinski definition) is 22. The molecule has 0 bridgehead atoms. The van der Waals surface area contributed by atoms with Crippen molar-refractivity contribution in [3.05, 3.63) is 24.3 Å². The second-order valence-electron chi connectivity index (χ2n) is 17.2. The Morgan fingerprint density at radius 2 is 1.22 bits per heavy atom. The summed E-state index contributed by atoms with van der Waals surface area (Å²) in [6.45, 7) is 3.35. The van der Waals surface area contributed by atoms with Crippen molar-refractivity contribution in [1.29, 1.82) is 0 Å². The lowest BCUT2D eigenvalue weighted by Gasteiger charge is -2.50. The molecule has 20 atom stereocenters. The van der Waals surface area contributed by atoms with Crippen LogP contribution in [0.1, 0.15) is 72.1 Å². The summed E-state index contributed by atoms with van der Waals surface area (Å²) in [4.78, 5) is 48.1. The molecule has 390 valence electrons. The monoisotopic (exact) mass is 981 g/mol. The molecule has 26 heteroatoms. The number of rotatable bonds is 21. The van der Waals surface area contributed by atoms with Crippen molar-refractivity contribution in [2.24, 2.45) is 11.7 Å². The number of aliphatic hydroxyl groups is 10. The summed E-state index contributed by atoms with van der Waals surface area (Å²) in [5.74, 6) is -3.57. The van der Waals surface area contributed by atoms with E-state index in [-0.39, 0.29) is 25.9 Å². The lowest BCUT2D eigenvalue weighted by molar-refractivity contribution is -0.375. The van der Waals surface area contributed by atoms with Gasteiger partial charge >= 0.3 is 0 Å². The van der Waals surface area contributed by atoms with Crippen LogP contribution in [0.3, 0.4) is 0 Å². The Bertz CT molecular complexity index is 1650. The standard InChI is InChI=1S/C42H71N5O21/c1-4-5-6-7-9-12-24(50)44-46-26(52)16-27(53)47-45-25(51)13-10-8-11-14-62-40-36(61)38(30(55)20(3)63-40)65-22-15-21(17-48)31(56)37(28(22)43)67-42-39(34(59)32(57)23(18-49)66-42)68-41-35(60)33(58)29(54)19(2)64-41/h4-7,19-23,28-42,48-49,54-61H,8-18,43H2,1-3H3,(H,44,50)(H,45,51)(H,46,52)(H,47,53)/b5-4+,7-6+/t19?,20?,21?,22-,23?,28?,29-,30-,31+,32-,33?,34?,35?,36?,37?,38?,39?,40+,41-,42-/m0/s1. The molecule has 1 aliphatic carbocycles. The number of carbonyl (C=O) groups excluding carboxylic acids is 4. The minimum absolute atomic E-state index is 0.000186. The molecule has 0 aromatic heterocycles. The van der Waals surface area contributed by atoms with Crippen molar-refractivity contribution in [3.8, 4) is 0 Å². The van der Waals surface area contributed by atoms with Crippen LogP contribution in [0.25, 0.3) is 0 Å². The number of carbonyl (C=O) groups is 4. The molecule has 0 spiro atoms. The highest BCUT2D eigenvalue weighted by Gasteiger charge is 2.54. The molecule has 4 amide bonds. The molecule has 1 saturated carbocycles. The third-order valence-electron chi connectivity index (χ3n) is 12.0. The van der Waals surface area contributed by atoms with Gasteiger partial charge in [-0.2, -0.15) is 0 Å². The van der Waals surface area contributed by atoms with Gasteiger partial charge in [0.1, 0.15) is 73.6 Å². The van der Waals surface area contributed by atoms with E-state index in [1.54, 1.807) is 18.2 Å². The first-order chi connectivity index (χ1) is 32.3. The molecule has 3 aliphatic heterocycles. The van der Waals surface area contributed by atoms with Gasteiger partial charge in [-0.25, -0.2) is 0 Å². The van der Waals surface area contributed by atoms with Crippen LogP contribution in [0.15, 0.2) is 24.3 Å². The molecule has 16 N–H and O–H groups in total. The molecular formula is C42H71N5O21. The van der Waals surface area contributed by atoms with E-state index in [0.29, 0.717) is 25.7 Å². The first-order valence-electron chi connectivity index (χ1n) is 22.7. The summed E-state index contributed by atoms with van der Waals surface area (Å²) in [5, 5.41) is 107. The van der Waals surface area contributed by atoms with E-state index >= 15 is 0 Å². The van der Waals surface area contributed by atoms with Gasteiger partial charge in [-0.05, 0) is 46.5 Å². The summed E-state index contributed by atoms with van der Waals surface area (Å²) in [6.07, 6.45) is -19.1. The van der Waals surface area contributed by atoms with Crippen LogP contribution < -0.4 is 27.4 Å². The van der Waals surface area contributed by atoms with Crippen molar-refractivity contribution in [1.82, 2.24) is 21.7 Å². The number of hydrazine groups is 2. The molecule has 0 aromatic carbocycles. The molecule has 4 rings (SSSR count). The zero-order valence-electron chi connectivity index (χ0n) is 38.2. The largest absolute Gasteiger partial charge is 0.396 e. The van der Waals surface area contributed by atoms with Gasteiger partial charge in [0.2, 0.25) is 23.6 Å². The van der Waals surface area contributed by atoms with Gasteiger partial charge in [-0.3, -0.25) is 40.9 Å². The number of unbranched alkanes of at least 4 members (excludes halogenated alkanes) is 2. The fraction of sp³-hybridized carbons (Fsp3) is 0.810. The molecule has 4 aliphatic rings. The average Bonchev–Trinajstić information content (AvgIpc) is 3.31. The zero-order chi connectivity index (χ0) is 50.2. The molecule has 26 nitrogen and oxygen atoms in total. The number of nitrogens with one attached hydrogen (secondary N) is 4. The van der Waals surface area contributed by atoms with Crippen LogP contribution in [-0.2, 0) is 52.3 Å². The maximum absolute atomic E-state index is 12.3. The lowest BCUT2D eigenvalue weighted by atomic mass is 9.79. The second-order valence-corrected chi connectivity index (χ2v) is 17.2. The minimum Gasteiger partial charge on any atom is -0.396 e. The topological polar surface area (TPSA) is 409 Å². The third-order valence-corrected chi connectivity index (χ3v) is 12.0. The lowest BCUT2D eigenvalue weighted by Crippen LogP contribution is -2.67. The number of ether oxygens (including phenoxy) is 7. The number of aliphatic hydroxyl groups excluding tert-OH is 10. The van der Waals surface area contributed by atoms with Crippen molar-refractivity contribution >= 4 is 23.6 Å². The molecule has 4 fully saturated rings.